The van der Waals surface area contributed by atoms with Crippen LogP contribution in [0, 0.1) is 27.7 Å². The summed E-state index contributed by atoms with van der Waals surface area (Å²) in [6.45, 7) is 12.4. The van der Waals surface area contributed by atoms with Gasteiger partial charge in [0.15, 0.2) is 0 Å². The van der Waals surface area contributed by atoms with Crippen LogP contribution in [0.5, 0.6) is 0 Å². The van der Waals surface area contributed by atoms with Gasteiger partial charge in [0.1, 0.15) is 0 Å². The van der Waals surface area contributed by atoms with E-state index in [9.17, 15) is 0 Å². The van der Waals surface area contributed by atoms with Crippen LogP contribution in [-0.2, 0) is 22.4 Å². The molecule has 0 atom stereocenters. The molecule has 0 aliphatic rings. The van der Waals surface area contributed by atoms with Crippen LogP contribution in [0.25, 0.3) is 0 Å². The number of para-hydroxylation sites is 2. The number of anilines is 2. The molecule has 0 bridgehead atoms. The summed E-state index contributed by atoms with van der Waals surface area (Å²) in [6, 6.07) is 12.8. The Balaban J connectivity index is 0. The Morgan fingerprint density at radius 1 is 0.577 bits per heavy atom. The molecule has 0 spiro atoms. The maximum absolute atomic E-state index is 3.53. The summed E-state index contributed by atoms with van der Waals surface area (Å²) in [6.07, 6.45) is 0. The molecular weight excluding hydrogens is 461 g/mol. The Labute approximate surface area is 186 Å². The summed E-state index contributed by atoms with van der Waals surface area (Å²) in [5.41, 5.74) is 7.76. The maximum atomic E-state index is 3.53. The molecule has 3 nitrogen and oxygen atoms in total. The van der Waals surface area contributed by atoms with Crippen molar-refractivity contribution >= 4 is 11.4 Å². The molecule has 0 amide bonds. The molecule has 0 saturated carbocycles. The van der Waals surface area contributed by atoms with Gasteiger partial charge in [0.2, 0.25) is 0 Å². The second kappa shape index (κ2) is 14.4. The van der Waals surface area contributed by atoms with Crippen molar-refractivity contribution in [2.24, 2.45) is 0 Å². The van der Waals surface area contributed by atoms with Crippen LogP contribution in [0.3, 0.4) is 0 Å². The van der Waals surface area contributed by atoms with E-state index < -0.39 is 0 Å². The summed E-state index contributed by atoms with van der Waals surface area (Å²) in [7, 11) is 0. The Kier molecular flexibility index (Phi) is 15.2. The monoisotopic (exact) mass is 488 g/mol. The number of benzene rings is 2. The van der Waals surface area contributed by atoms with Gasteiger partial charge in [-0.3, -0.25) is 0 Å². The first kappa shape index (κ1) is 27.5. The van der Waals surface area contributed by atoms with E-state index in [0.29, 0.717) is 0 Å². The van der Waals surface area contributed by atoms with Gasteiger partial charge in [0.05, 0.1) is 0 Å². The summed E-state index contributed by atoms with van der Waals surface area (Å²) < 4.78 is 0. The van der Waals surface area contributed by atoms with Gasteiger partial charge in [-0.15, -0.1) is 0 Å². The first-order valence-corrected chi connectivity index (χ1v) is 8.40. The van der Waals surface area contributed by atoms with Crippen LogP contribution in [0.1, 0.15) is 22.3 Å². The first-order valence-electron chi connectivity index (χ1n) is 8.40. The van der Waals surface area contributed by atoms with Crippen molar-refractivity contribution in [2.75, 3.05) is 36.8 Å². The van der Waals surface area contributed by atoms with E-state index in [4.69, 9.17) is 0 Å². The zero-order valence-electron chi connectivity index (χ0n) is 15.8. The van der Waals surface area contributed by atoms with E-state index in [2.05, 4.69) is 80.0 Å². The van der Waals surface area contributed by atoms with Gasteiger partial charge >= 0.3 is 0 Å². The van der Waals surface area contributed by atoms with Crippen LogP contribution in [0.4, 0.5) is 11.4 Å². The molecule has 0 saturated heterocycles. The van der Waals surface area contributed by atoms with Gasteiger partial charge in [-0.25, -0.2) is 0 Å². The zero-order valence-corrected chi connectivity index (χ0v) is 18.8. The number of rotatable bonds is 8. The van der Waals surface area contributed by atoms with Gasteiger partial charge in [-0.05, 0) is 49.9 Å². The van der Waals surface area contributed by atoms with E-state index in [1.54, 1.807) is 0 Å². The van der Waals surface area contributed by atoms with E-state index in [1.807, 2.05) is 0 Å². The molecular formula is C20H29AgCl2N3-2. The number of hydrogen-bond acceptors (Lipinski definition) is 3. The van der Waals surface area contributed by atoms with Crippen LogP contribution in [0.15, 0.2) is 36.4 Å². The molecule has 0 aliphatic carbocycles. The van der Waals surface area contributed by atoms with Gasteiger partial charge < -0.3 is 40.8 Å². The fraction of sp³-hybridized carbons (Fsp3) is 0.400. The smallest absolute Gasteiger partial charge is 0.0400 e. The van der Waals surface area contributed by atoms with Crippen molar-refractivity contribution < 1.29 is 47.2 Å². The predicted molar refractivity (Wildman–Crippen MR) is 102 cm³/mol. The Bertz CT molecular complexity index is 555. The first-order chi connectivity index (χ1) is 11.1. The van der Waals surface area contributed by atoms with Crippen molar-refractivity contribution in [3.05, 3.63) is 58.7 Å². The third-order valence-corrected chi connectivity index (χ3v) is 4.17. The molecule has 0 heterocycles. The number of hydrogen-bond donors (Lipinski definition) is 3. The molecule has 0 fully saturated rings. The van der Waals surface area contributed by atoms with Gasteiger partial charge in [-0.1, -0.05) is 36.4 Å². The summed E-state index contributed by atoms with van der Waals surface area (Å²) in [5.74, 6) is 0. The minimum Gasteiger partial charge on any atom is -1.00 e. The minimum absolute atomic E-state index is 0. The molecule has 0 aliphatic heterocycles. The molecule has 2 rings (SSSR count). The molecule has 26 heavy (non-hydrogen) atoms. The number of aryl methyl sites for hydroxylation is 4. The fourth-order valence-electron chi connectivity index (χ4n) is 2.86. The Morgan fingerprint density at radius 3 is 1.19 bits per heavy atom. The summed E-state index contributed by atoms with van der Waals surface area (Å²) in [4.78, 5) is 0. The standard InChI is InChI=1S/C20H29N3.Ag.2ClH/c1-15-7-5-8-16(2)19(15)22-13-11-21-12-14-23-20-17(3)9-6-10-18(20)4;;;/h5-10,21-23H,11-14H2,1-4H3;;2*1H/p-2. The van der Waals surface area contributed by atoms with Crippen molar-refractivity contribution in [2.45, 2.75) is 27.7 Å². The second-order valence-electron chi connectivity index (χ2n) is 6.14. The average molecular weight is 490 g/mol. The third-order valence-electron chi connectivity index (χ3n) is 4.17. The second-order valence-corrected chi connectivity index (χ2v) is 6.14. The number of halogens is 2. The van der Waals surface area contributed by atoms with E-state index in [0.717, 1.165) is 26.2 Å². The molecule has 2 aromatic rings. The Hall–Kier alpha value is -0.680. The molecule has 0 unspecified atom stereocenters. The molecule has 1 radical (unpaired) electrons. The fourth-order valence-corrected chi connectivity index (χ4v) is 2.86. The topological polar surface area (TPSA) is 36.1 Å². The summed E-state index contributed by atoms with van der Waals surface area (Å²) in [5, 5.41) is 10.5. The number of nitrogens with one attached hydrogen (secondary N) is 3. The molecule has 3 N–H and O–H groups in total. The van der Waals surface area contributed by atoms with Crippen LogP contribution < -0.4 is 40.8 Å². The third kappa shape index (κ3) is 8.34. The Morgan fingerprint density at radius 2 is 0.885 bits per heavy atom. The van der Waals surface area contributed by atoms with Crippen molar-refractivity contribution in [1.82, 2.24) is 5.32 Å². The van der Waals surface area contributed by atoms with Crippen LogP contribution in [-0.4, -0.2) is 26.2 Å². The predicted octanol–water partition coefficient (Wildman–Crippen LogP) is -1.96. The van der Waals surface area contributed by atoms with Gasteiger partial charge in [0, 0.05) is 59.9 Å². The SMILES string of the molecule is Cc1cccc(C)c1NCCNCCNc1c(C)cccc1C.[Ag].[Cl-].[Cl-]. The van der Waals surface area contributed by atoms with E-state index in [1.165, 1.54) is 33.6 Å². The van der Waals surface area contributed by atoms with Gasteiger partial charge in [-0.2, -0.15) is 0 Å². The molecule has 0 aromatic heterocycles. The average Bonchev–Trinajstić information content (AvgIpc) is 2.51. The molecule has 6 heteroatoms. The summed E-state index contributed by atoms with van der Waals surface area (Å²) >= 11 is 0. The molecule has 2 aromatic carbocycles. The maximum Gasteiger partial charge on any atom is 0.0400 e. The van der Waals surface area contributed by atoms with Crippen molar-refractivity contribution in [3.63, 3.8) is 0 Å². The van der Waals surface area contributed by atoms with Gasteiger partial charge in [0.25, 0.3) is 0 Å². The van der Waals surface area contributed by atoms with Crippen LogP contribution in [0.2, 0.25) is 0 Å². The normalized spacial score (nSPS) is 9.38. The molecule has 151 valence electrons. The quantitative estimate of drug-likeness (QED) is 0.298. The largest absolute Gasteiger partial charge is 1.00 e. The van der Waals surface area contributed by atoms with E-state index in [-0.39, 0.29) is 47.2 Å². The van der Waals surface area contributed by atoms with Crippen molar-refractivity contribution in [3.8, 4) is 0 Å². The van der Waals surface area contributed by atoms with Crippen LogP contribution >= 0.6 is 0 Å². The van der Waals surface area contributed by atoms with E-state index >= 15 is 0 Å². The zero-order chi connectivity index (χ0) is 16.7. The minimum atomic E-state index is 0. The van der Waals surface area contributed by atoms with Crippen molar-refractivity contribution in [1.29, 1.82) is 0 Å².